The summed E-state index contributed by atoms with van der Waals surface area (Å²) in [7, 11) is 0. The van der Waals surface area contributed by atoms with Crippen LogP contribution in [0.15, 0.2) is 41.8 Å². The van der Waals surface area contributed by atoms with Gasteiger partial charge in [0.15, 0.2) is 5.16 Å². The van der Waals surface area contributed by atoms with Gasteiger partial charge < -0.3 is 5.73 Å². The average Bonchev–Trinajstić information content (AvgIpc) is 2.37. The van der Waals surface area contributed by atoms with Crippen LogP contribution in [0.3, 0.4) is 0 Å². The molecule has 2 N–H and O–H groups in total. The Hall–Kier alpha value is -1.46. The molecular formula is C13H16N4S. The van der Waals surface area contributed by atoms with E-state index >= 15 is 0 Å². The van der Waals surface area contributed by atoms with Gasteiger partial charge in [0, 0.05) is 24.1 Å². The summed E-state index contributed by atoms with van der Waals surface area (Å²) in [5.41, 5.74) is 7.95. The molecule has 2 aromatic heterocycles. The van der Waals surface area contributed by atoms with Gasteiger partial charge in [-0.3, -0.25) is 4.98 Å². The van der Waals surface area contributed by atoms with Gasteiger partial charge in [0.1, 0.15) is 0 Å². The molecule has 4 nitrogen and oxygen atoms in total. The van der Waals surface area contributed by atoms with Gasteiger partial charge in [-0.1, -0.05) is 17.8 Å². The normalized spacial score (nSPS) is 14.2. The molecule has 0 aliphatic carbocycles. The SMILES string of the molecule is Cc1ccnc(SC(c2ccccn2)C(C)N)n1. The Bertz CT molecular complexity index is 501. The minimum atomic E-state index is -0.0194. The first-order chi connectivity index (χ1) is 8.66. The molecule has 2 aromatic rings. The van der Waals surface area contributed by atoms with Gasteiger partial charge >= 0.3 is 0 Å². The summed E-state index contributed by atoms with van der Waals surface area (Å²) in [6, 6.07) is 7.71. The van der Waals surface area contributed by atoms with E-state index in [4.69, 9.17) is 5.73 Å². The van der Waals surface area contributed by atoms with E-state index in [0.717, 1.165) is 16.5 Å². The van der Waals surface area contributed by atoms with Gasteiger partial charge in [-0.2, -0.15) is 0 Å². The van der Waals surface area contributed by atoms with Gasteiger partial charge in [0.2, 0.25) is 0 Å². The van der Waals surface area contributed by atoms with Crippen LogP contribution in [0.25, 0.3) is 0 Å². The molecule has 2 rings (SSSR count). The molecule has 0 aromatic carbocycles. The van der Waals surface area contributed by atoms with Crippen molar-refractivity contribution < 1.29 is 0 Å². The highest BCUT2D eigenvalue weighted by Gasteiger charge is 2.20. The molecule has 2 atom stereocenters. The number of nitrogens with two attached hydrogens (primary N) is 1. The van der Waals surface area contributed by atoms with Gasteiger partial charge in [0.05, 0.1) is 10.9 Å². The Labute approximate surface area is 111 Å². The zero-order valence-corrected chi connectivity index (χ0v) is 11.3. The molecule has 0 radical (unpaired) electrons. The van der Waals surface area contributed by atoms with Crippen molar-refractivity contribution in [3.05, 3.63) is 48.0 Å². The van der Waals surface area contributed by atoms with E-state index in [1.807, 2.05) is 38.1 Å². The van der Waals surface area contributed by atoms with E-state index in [-0.39, 0.29) is 11.3 Å². The van der Waals surface area contributed by atoms with Gasteiger partial charge in [-0.05, 0) is 32.0 Å². The first-order valence-corrected chi connectivity index (χ1v) is 6.67. The molecule has 0 saturated carbocycles. The lowest BCUT2D eigenvalue weighted by molar-refractivity contribution is 0.702. The number of rotatable bonds is 4. The third kappa shape index (κ3) is 3.27. The number of aromatic nitrogens is 3. The molecule has 0 aliphatic heterocycles. The largest absolute Gasteiger partial charge is 0.327 e. The fraction of sp³-hybridized carbons (Fsp3) is 0.308. The van der Waals surface area contributed by atoms with E-state index < -0.39 is 0 Å². The van der Waals surface area contributed by atoms with Gasteiger partial charge in [0.25, 0.3) is 0 Å². The van der Waals surface area contributed by atoms with Gasteiger partial charge in [-0.25, -0.2) is 9.97 Å². The third-order valence-corrected chi connectivity index (χ3v) is 3.79. The summed E-state index contributed by atoms with van der Waals surface area (Å²) in [4.78, 5) is 13.0. The molecular weight excluding hydrogens is 244 g/mol. The first kappa shape index (κ1) is 13.0. The summed E-state index contributed by atoms with van der Waals surface area (Å²) in [5.74, 6) is 0. The van der Waals surface area contributed by atoms with Crippen LogP contribution in [0, 0.1) is 6.92 Å². The summed E-state index contributed by atoms with van der Waals surface area (Å²) < 4.78 is 0. The summed E-state index contributed by atoms with van der Waals surface area (Å²) in [6.07, 6.45) is 3.55. The summed E-state index contributed by atoms with van der Waals surface area (Å²) >= 11 is 1.55. The van der Waals surface area contributed by atoms with Crippen molar-refractivity contribution in [3.8, 4) is 0 Å². The predicted molar refractivity (Wildman–Crippen MR) is 73.3 cm³/mol. The summed E-state index contributed by atoms with van der Waals surface area (Å²) in [6.45, 7) is 3.93. The van der Waals surface area contributed by atoms with E-state index in [9.17, 15) is 0 Å². The molecule has 0 fully saturated rings. The Kier molecular flexibility index (Phi) is 4.28. The molecule has 0 aliphatic rings. The molecule has 18 heavy (non-hydrogen) atoms. The standard InChI is InChI=1S/C13H16N4S/c1-9-6-8-16-13(17-9)18-12(10(2)14)11-5-3-4-7-15-11/h3-8,10,12H,14H2,1-2H3. The molecule has 2 heterocycles. The lowest BCUT2D eigenvalue weighted by atomic mass is 10.2. The Morgan fingerprint density at radius 2 is 2.00 bits per heavy atom. The fourth-order valence-electron chi connectivity index (χ4n) is 1.58. The van der Waals surface area contributed by atoms with Crippen molar-refractivity contribution in [3.63, 3.8) is 0 Å². The number of aryl methyl sites for hydroxylation is 1. The molecule has 5 heteroatoms. The molecule has 94 valence electrons. The van der Waals surface area contributed by atoms with E-state index in [1.54, 1.807) is 24.2 Å². The van der Waals surface area contributed by atoms with Crippen LogP contribution >= 0.6 is 11.8 Å². The summed E-state index contributed by atoms with van der Waals surface area (Å²) in [5, 5.41) is 0.802. The molecule has 0 amide bonds. The maximum absolute atomic E-state index is 6.04. The van der Waals surface area contributed by atoms with Crippen LogP contribution in [0.1, 0.15) is 23.6 Å². The second-order valence-corrected chi connectivity index (χ2v) is 5.24. The second kappa shape index (κ2) is 5.93. The second-order valence-electron chi connectivity index (χ2n) is 4.13. The van der Waals surface area contributed by atoms with E-state index in [0.29, 0.717) is 0 Å². The molecule has 0 bridgehead atoms. The van der Waals surface area contributed by atoms with Crippen molar-refractivity contribution in [1.82, 2.24) is 15.0 Å². The zero-order chi connectivity index (χ0) is 13.0. The smallest absolute Gasteiger partial charge is 0.188 e. The van der Waals surface area contributed by atoms with Crippen LogP contribution in [0.4, 0.5) is 0 Å². The lowest BCUT2D eigenvalue weighted by Crippen LogP contribution is -2.23. The van der Waals surface area contributed by atoms with E-state index in [2.05, 4.69) is 15.0 Å². The quantitative estimate of drug-likeness (QED) is 0.675. The Morgan fingerprint density at radius 1 is 1.17 bits per heavy atom. The zero-order valence-electron chi connectivity index (χ0n) is 10.4. The predicted octanol–water partition coefficient (Wildman–Crippen LogP) is 2.36. The first-order valence-electron chi connectivity index (χ1n) is 5.79. The fourth-order valence-corrected chi connectivity index (χ4v) is 2.60. The van der Waals surface area contributed by atoms with Crippen molar-refractivity contribution in [1.29, 1.82) is 0 Å². The van der Waals surface area contributed by atoms with E-state index in [1.165, 1.54) is 0 Å². The number of pyridine rings is 1. The average molecular weight is 260 g/mol. The Balaban J connectivity index is 2.22. The maximum Gasteiger partial charge on any atom is 0.188 e. The number of thioether (sulfide) groups is 1. The van der Waals surface area contributed by atoms with Gasteiger partial charge in [-0.15, -0.1) is 0 Å². The molecule has 2 unspecified atom stereocenters. The highest BCUT2D eigenvalue weighted by Crippen LogP contribution is 2.33. The van der Waals surface area contributed by atoms with Crippen molar-refractivity contribution >= 4 is 11.8 Å². The molecule has 0 spiro atoms. The topological polar surface area (TPSA) is 64.7 Å². The minimum absolute atomic E-state index is 0.0194. The van der Waals surface area contributed by atoms with Crippen molar-refractivity contribution in [2.24, 2.45) is 5.73 Å². The van der Waals surface area contributed by atoms with Crippen molar-refractivity contribution in [2.75, 3.05) is 0 Å². The third-order valence-electron chi connectivity index (χ3n) is 2.46. The highest BCUT2D eigenvalue weighted by atomic mass is 32.2. The van der Waals surface area contributed by atoms with Crippen LogP contribution in [-0.4, -0.2) is 21.0 Å². The highest BCUT2D eigenvalue weighted by molar-refractivity contribution is 7.99. The molecule has 0 saturated heterocycles. The van der Waals surface area contributed by atoms with Crippen molar-refractivity contribution in [2.45, 2.75) is 30.3 Å². The lowest BCUT2D eigenvalue weighted by Gasteiger charge is -2.18. The van der Waals surface area contributed by atoms with Crippen LogP contribution in [0.5, 0.6) is 0 Å². The Morgan fingerprint density at radius 3 is 2.61 bits per heavy atom. The van der Waals surface area contributed by atoms with Crippen LogP contribution in [-0.2, 0) is 0 Å². The number of hydrogen-bond donors (Lipinski definition) is 1. The maximum atomic E-state index is 6.04. The monoisotopic (exact) mass is 260 g/mol. The van der Waals surface area contributed by atoms with Crippen LogP contribution < -0.4 is 5.73 Å². The van der Waals surface area contributed by atoms with Crippen LogP contribution in [0.2, 0.25) is 0 Å². The number of nitrogens with zero attached hydrogens (tertiary/aromatic N) is 3. The number of hydrogen-bond acceptors (Lipinski definition) is 5. The minimum Gasteiger partial charge on any atom is -0.327 e.